The Hall–Kier alpha value is -1.16. The molecule has 3 nitrogen and oxygen atoms in total. The van der Waals surface area contributed by atoms with Crippen molar-refractivity contribution < 1.29 is 9.53 Å². The Kier molecular flexibility index (Phi) is 3.16. The number of amides is 1. The van der Waals surface area contributed by atoms with Crippen molar-refractivity contribution in [2.75, 3.05) is 6.54 Å². The number of thioether (sulfide) groups is 1. The lowest BCUT2D eigenvalue weighted by molar-refractivity contribution is 0.178. The molecule has 80 valence electrons. The average Bonchev–Trinajstić information content (AvgIpc) is 2.67. The molecule has 0 radical (unpaired) electrons. The van der Waals surface area contributed by atoms with Gasteiger partial charge in [0.15, 0.2) is 0 Å². The van der Waals surface area contributed by atoms with E-state index in [0.717, 1.165) is 12.0 Å². The van der Waals surface area contributed by atoms with E-state index < -0.39 is 0 Å². The lowest BCUT2D eigenvalue weighted by atomic mass is 10.0. The first kappa shape index (κ1) is 10.4. The Labute approximate surface area is 93.3 Å². The molecule has 2 aliphatic rings. The Balaban J connectivity index is 2.10. The molecule has 4 heteroatoms. The Morgan fingerprint density at radius 1 is 1.67 bits per heavy atom. The number of carbonyl (C=O) groups excluding carboxylic acids is 1. The van der Waals surface area contributed by atoms with Crippen LogP contribution >= 0.6 is 11.8 Å². The van der Waals surface area contributed by atoms with E-state index in [1.165, 1.54) is 0 Å². The minimum atomic E-state index is -0.379. The SMILES string of the molecule is CCNC(=O)OC1=C2C=CSC2CC=C1. The number of allylic oxidation sites excluding steroid dienone is 3. The second-order valence-electron chi connectivity index (χ2n) is 3.30. The van der Waals surface area contributed by atoms with Crippen molar-refractivity contribution in [3.8, 4) is 0 Å². The average molecular weight is 223 g/mol. The molecule has 0 fully saturated rings. The first-order chi connectivity index (χ1) is 7.31. The monoisotopic (exact) mass is 223 g/mol. The third kappa shape index (κ3) is 2.26. The predicted molar refractivity (Wildman–Crippen MR) is 61.5 cm³/mol. The number of hydrogen-bond acceptors (Lipinski definition) is 3. The van der Waals surface area contributed by atoms with Gasteiger partial charge in [-0.3, -0.25) is 0 Å². The van der Waals surface area contributed by atoms with Crippen LogP contribution in [0.15, 0.2) is 35.0 Å². The van der Waals surface area contributed by atoms with Gasteiger partial charge in [-0.25, -0.2) is 4.79 Å². The molecular weight excluding hydrogens is 210 g/mol. The third-order valence-corrected chi connectivity index (χ3v) is 3.33. The summed E-state index contributed by atoms with van der Waals surface area (Å²) in [6.45, 7) is 2.45. The van der Waals surface area contributed by atoms with E-state index in [2.05, 4.69) is 5.32 Å². The summed E-state index contributed by atoms with van der Waals surface area (Å²) in [7, 11) is 0. The Bertz CT molecular complexity index is 358. The van der Waals surface area contributed by atoms with Crippen LogP contribution in [0.25, 0.3) is 0 Å². The van der Waals surface area contributed by atoms with E-state index in [4.69, 9.17) is 4.74 Å². The van der Waals surface area contributed by atoms with Gasteiger partial charge < -0.3 is 10.1 Å². The predicted octanol–water partition coefficient (Wildman–Crippen LogP) is 2.58. The maximum absolute atomic E-state index is 11.3. The molecule has 1 unspecified atom stereocenters. The molecule has 1 aliphatic heterocycles. The third-order valence-electron chi connectivity index (χ3n) is 2.26. The number of rotatable bonds is 2. The molecule has 15 heavy (non-hydrogen) atoms. The van der Waals surface area contributed by atoms with E-state index in [0.29, 0.717) is 17.6 Å². The van der Waals surface area contributed by atoms with Crippen molar-refractivity contribution in [3.63, 3.8) is 0 Å². The van der Waals surface area contributed by atoms with Gasteiger partial charge >= 0.3 is 6.09 Å². The molecule has 1 atom stereocenters. The molecule has 0 aromatic heterocycles. The minimum Gasteiger partial charge on any atom is -0.410 e. The van der Waals surface area contributed by atoms with Crippen LogP contribution in [0.5, 0.6) is 0 Å². The topological polar surface area (TPSA) is 38.3 Å². The van der Waals surface area contributed by atoms with E-state index >= 15 is 0 Å². The fourth-order valence-corrected chi connectivity index (χ4v) is 2.56. The fourth-order valence-electron chi connectivity index (χ4n) is 1.58. The largest absolute Gasteiger partial charge is 0.412 e. The van der Waals surface area contributed by atoms with Crippen molar-refractivity contribution in [1.82, 2.24) is 5.32 Å². The first-order valence-corrected chi connectivity index (χ1v) is 5.94. The van der Waals surface area contributed by atoms with Gasteiger partial charge in [0.1, 0.15) is 5.76 Å². The van der Waals surface area contributed by atoms with E-state index in [-0.39, 0.29) is 6.09 Å². The van der Waals surface area contributed by atoms with Crippen LogP contribution in [-0.2, 0) is 4.74 Å². The van der Waals surface area contributed by atoms with Crippen LogP contribution in [-0.4, -0.2) is 17.9 Å². The van der Waals surface area contributed by atoms with E-state index in [1.54, 1.807) is 11.8 Å². The number of ether oxygens (including phenoxy) is 1. The zero-order chi connectivity index (χ0) is 10.7. The normalized spacial score (nSPS) is 22.9. The first-order valence-electron chi connectivity index (χ1n) is 4.99. The lowest BCUT2D eigenvalue weighted by Gasteiger charge is -2.17. The molecule has 1 aliphatic carbocycles. The van der Waals surface area contributed by atoms with Crippen LogP contribution in [0.1, 0.15) is 13.3 Å². The molecule has 1 amide bonds. The minimum absolute atomic E-state index is 0.379. The summed E-state index contributed by atoms with van der Waals surface area (Å²) in [4.78, 5) is 11.3. The van der Waals surface area contributed by atoms with Crippen LogP contribution in [0.3, 0.4) is 0 Å². The number of fused-ring (bicyclic) bond motifs is 1. The highest BCUT2D eigenvalue weighted by Gasteiger charge is 2.23. The molecule has 0 saturated carbocycles. The summed E-state index contributed by atoms with van der Waals surface area (Å²) in [5.41, 5.74) is 1.12. The number of nitrogens with one attached hydrogen (secondary N) is 1. The van der Waals surface area contributed by atoms with Crippen molar-refractivity contribution >= 4 is 17.9 Å². The molecule has 0 saturated heterocycles. The van der Waals surface area contributed by atoms with Gasteiger partial charge in [0.2, 0.25) is 0 Å². The molecule has 0 spiro atoms. The van der Waals surface area contributed by atoms with Crippen molar-refractivity contribution in [2.24, 2.45) is 0 Å². The molecule has 0 aromatic rings. The van der Waals surface area contributed by atoms with Gasteiger partial charge in [-0.05, 0) is 30.9 Å². The maximum atomic E-state index is 11.3. The quantitative estimate of drug-likeness (QED) is 0.782. The number of carbonyl (C=O) groups is 1. The number of hydrogen-bond donors (Lipinski definition) is 1. The van der Waals surface area contributed by atoms with Gasteiger partial charge in [0.25, 0.3) is 0 Å². The van der Waals surface area contributed by atoms with E-state index in [1.807, 2.05) is 30.6 Å². The Morgan fingerprint density at radius 2 is 2.53 bits per heavy atom. The molecule has 0 bridgehead atoms. The summed E-state index contributed by atoms with van der Waals surface area (Å²) >= 11 is 1.77. The highest BCUT2D eigenvalue weighted by molar-refractivity contribution is 8.03. The summed E-state index contributed by atoms with van der Waals surface area (Å²) in [5.74, 6) is 0.679. The van der Waals surface area contributed by atoms with Gasteiger partial charge in [0.05, 0.1) is 0 Å². The number of alkyl carbamates (subject to hydrolysis) is 1. The summed E-state index contributed by atoms with van der Waals surface area (Å²) < 4.78 is 5.22. The molecule has 0 aromatic carbocycles. The standard InChI is InChI=1S/C11H13NO2S/c1-2-12-11(13)14-9-4-3-5-10-8(9)6-7-15-10/h3-4,6-7,10H,2,5H2,1H3,(H,12,13). The molecule has 1 N–H and O–H groups in total. The highest BCUT2D eigenvalue weighted by Crippen LogP contribution is 2.37. The smallest absolute Gasteiger partial charge is 0.410 e. The van der Waals surface area contributed by atoms with Crippen LogP contribution in [0.4, 0.5) is 4.79 Å². The Morgan fingerprint density at radius 3 is 3.33 bits per heavy atom. The zero-order valence-corrected chi connectivity index (χ0v) is 9.34. The van der Waals surface area contributed by atoms with Crippen LogP contribution in [0.2, 0.25) is 0 Å². The molecule has 1 heterocycles. The highest BCUT2D eigenvalue weighted by atomic mass is 32.2. The van der Waals surface area contributed by atoms with Gasteiger partial charge in [0, 0.05) is 17.4 Å². The van der Waals surface area contributed by atoms with Crippen molar-refractivity contribution in [1.29, 1.82) is 0 Å². The zero-order valence-electron chi connectivity index (χ0n) is 8.53. The van der Waals surface area contributed by atoms with Gasteiger partial charge in [-0.2, -0.15) is 0 Å². The van der Waals surface area contributed by atoms with Gasteiger partial charge in [-0.15, -0.1) is 11.8 Å². The lowest BCUT2D eigenvalue weighted by Crippen LogP contribution is -2.24. The van der Waals surface area contributed by atoms with Crippen molar-refractivity contribution in [3.05, 3.63) is 35.0 Å². The van der Waals surface area contributed by atoms with Crippen LogP contribution in [0, 0.1) is 0 Å². The summed E-state index contributed by atoms with van der Waals surface area (Å²) in [6, 6.07) is 0. The van der Waals surface area contributed by atoms with Gasteiger partial charge in [-0.1, -0.05) is 6.08 Å². The summed E-state index contributed by atoms with van der Waals surface area (Å²) in [5, 5.41) is 5.09. The van der Waals surface area contributed by atoms with Crippen LogP contribution < -0.4 is 5.32 Å². The van der Waals surface area contributed by atoms with E-state index in [9.17, 15) is 4.79 Å². The second-order valence-corrected chi connectivity index (χ2v) is 4.42. The maximum Gasteiger partial charge on any atom is 0.412 e. The fraction of sp³-hybridized carbons (Fsp3) is 0.364. The molecular formula is C11H13NO2S. The molecule has 2 rings (SSSR count). The second kappa shape index (κ2) is 4.57. The summed E-state index contributed by atoms with van der Waals surface area (Å²) in [6.07, 6.45) is 6.57. The van der Waals surface area contributed by atoms with Crippen molar-refractivity contribution in [2.45, 2.75) is 18.6 Å².